The van der Waals surface area contributed by atoms with Crippen molar-refractivity contribution in [3.63, 3.8) is 0 Å². The lowest BCUT2D eigenvalue weighted by Gasteiger charge is -2.26. The average molecular weight is 370 g/mol. The van der Waals surface area contributed by atoms with E-state index in [1.165, 1.54) is 0 Å². The maximum Gasteiger partial charge on any atom is 0.311 e. The number of carbonyl (C=O) groups is 2. The third-order valence-electron chi connectivity index (χ3n) is 5.01. The maximum absolute atomic E-state index is 12.4. The predicted molar refractivity (Wildman–Crippen MR) is 103 cm³/mol. The van der Waals surface area contributed by atoms with Crippen molar-refractivity contribution >= 4 is 11.8 Å². The molecule has 27 heavy (non-hydrogen) atoms. The molecule has 3 rings (SSSR count). The lowest BCUT2D eigenvalue weighted by Crippen LogP contribution is -2.37. The van der Waals surface area contributed by atoms with Crippen molar-refractivity contribution < 1.29 is 19.4 Å². The van der Waals surface area contributed by atoms with Crippen LogP contribution < -0.4 is 0 Å². The zero-order valence-electron chi connectivity index (χ0n) is 15.7. The predicted octanol–water partition coefficient (Wildman–Crippen LogP) is 2.84. The summed E-state index contributed by atoms with van der Waals surface area (Å²) in [4.78, 5) is 25.7. The normalized spacial score (nSPS) is 15.0. The van der Waals surface area contributed by atoms with Gasteiger partial charge in [0, 0.05) is 43.1 Å². The Morgan fingerprint density at radius 3 is 2.48 bits per heavy atom. The number of ether oxygens (including phenoxy) is 1. The number of aromatic nitrogens is 1. The minimum atomic E-state index is -1.10. The molecule has 1 aromatic heterocycles. The highest BCUT2D eigenvalue weighted by atomic mass is 16.5. The topological polar surface area (TPSA) is 71.8 Å². The van der Waals surface area contributed by atoms with E-state index >= 15 is 0 Å². The number of ketones is 1. The molecular formula is C21H26N2O4. The van der Waals surface area contributed by atoms with Crippen LogP contribution in [-0.4, -0.2) is 59.2 Å². The van der Waals surface area contributed by atoms with Crippen LogP contribution in [0.1, 0.15) is 28.9 Å². The fourth-order valence-corrected chi connectivity index (χ4v) is 3.57. The van der Waals surface area contributed by atoms with Crippen LogP contribution >= 0.6 is 0 Å². The summed E-state index contributed by atoms with van der Waals surface area (Å²) in [5.74, 6) is -1.44. The molecule has 2 heterocycles. The molecule has 0 atom stereocenters. The first-order valence-corrected chi connectivity index (χ1v) is 9.37. The van der Waals surface area contributed by atoms with Crippen molar-refractivity contribution in [2.45, 2.75) is 26.3 Å². The fraction of sp³-hybridized carbons (Fsp3) is 0.429. The summed E-state index contributed by atoms with van der Waals surface area (Å²) in [5.41, 5.74) is 3.33. The molecule has 1 fully saturated rings. The summed E-state index contributed by atoms with van der Waals surface area (Å²) in [6, 6.07) is 11.8. The van der Waals surface area contributed by atoms with Gasteiger partial charge in [0.2, 0.25) is 0 Å². The smallest absolute Gasteiger partial charge is 0.311 e. The van der Waals surface area contributed by atoms with Gasteiger partial charge in [-0.2, -0.15) is 0 Å². The zero-order chi connectivity index (χ0) is 19.2. The van der Waals surface area contributed by atoms with Gasteiger partial charge in [0.1, 0.15) is 6.42 Å². The summed E-state index contributed by atoms with van der Waals surface area (Å²) < 4.78 is 7.53. The Bertz CT molecular complexity index is 792. The molecule has 1 aliphatic rings. The molecule has 0 bridgehead atoms. The lowest BCUT2D eigenvalue weighted by atomic mass is 10.1. The summed E-state index contributed by atoms with van der Waals surface area (Å²) in [6.07, 6.45) is 0.481. The minimum absolute atomic E-state index is 0.343. The third-order valence-corrected chi connectivity index (χ3v) is 5.01. The summed E-state index contributed by atoms with van der Waals surface area (Å²) >= 11 is 0. The van der Waals surface area contributed by atoms with Crippen LogP contribution in [0, 0.1) is 6.92 Å². The standard InChI is InChI=1S/C21H26N2O4/c1-16-18(20(24)15-21(25)26)14-19(17-6-3-2-4-7-17)23(16)9-5-8-22-10-12-27-13-11-22/h2-4,6-7,14H,5,8-13,15H2,1H3,(H,25,26). The Hall–Kier alpha value is -2.44. The van der Waals surface area contributed by atoms with Gasteiger partial charge in [0.25, 0.3) is 0 Å². The first kappa shape index (κ1) is 19.3. The molecule has 1 aromatic carbocycles. The van der Waals surface area contributed by atoms with Crippen molar-refractivity contribution in [2.24, 2.45) is 0 Å². The highest BCUT2D eigenvalue weighted by Crippen LogP contribution is 2.27. The van der Waals surface area contributed by atoms with Crippen molar-refractivity contribution in [3.8, 4) is 11.3 Å². The Kier molecular flexibility index (Phi) is 6.42. The van der Waals surface area contributed by atoms with E-state index in [0.717, 1.165) is 62.8 Å². The number of hydrogen-bond donors (Lipinski definition) is 1. The number of rotatable bonds is 8. The number of hydrogen-bond acceptors (Lipinski definition) is 4. The van der Waals surface area contributed by atoms with Gasteiger partial charge in [-0.15, -0.1) is 0 Å². The molecule has 0 amide bonds. The van der Waals surface area contributed by atoms with Crippen LogP contribution in [0.3, 0.4) is 0 Å². The fourth-order valence-electron chi connectivity index (χ4n) is 3.57. The van der Waals surface area contributed by atoms with Crippen molar-refractivity contribution in [1.29, 1.82) is 0 Å². The molecule has 6 nitrogen and oxygen atoms in total. The number of benzene rings is 1. The van der Waals surface area contributed by atoms with Gasteiger partial charge >= 0.3 is 5.97 Å². The molecule has 0 spiro atoms. The van der Waals surface area contributed by atoms with Crippen molar-refractivity contribution in [2.75, 3.05) is 32.8 Å². The number of aliphatic carboxylic acids is 1. The number of carboxylic acids is 1. The Morgan fingerprint density at radius 1 is 1.11 bits per heavy atom. The third kappa shape index (κ3) is 4.84. The van der Waals surface area contributed by atoms with Gasteiger partial charge in [-0.25, -0.2) is 0 Å². The monoisotopic (exact) mass is 370 g/mol. The van der Waals surface area contributed by atoms with Gasteiger partial charge in [-0.05, 0) is 25.0 Å². The van der Waals surface area contributed by atoms with E-state index in [2.05, 4.69) is 9.47 Å². The Morgan fingerprint density at radius 2 is 1.81 bits per heavy atom. The molecular weight excluding hydrogens is 344 g/mol. The van der Waals surface area contributed by atoms with E-state index in [-0.39, 0.29) is 5.78 Å². The molecule has 0 unspecified atom stereocenters. The van der Waals surface area contributed by atoms with E-state index in [9.17, 15) is 9.59 Å². The molecule has 1 N–H and O–H groups in total. The minimum Gasteiger partial charge on any atom is -0.481 e. The number of carbonyl (C=O) groups excluding carboxylic acids is 1. The Balaban J connectivity index is 1.82. The second-order valence-corrected chi connectivity index (χ2v) is 6.85. The average Bonchev–Trinajstić information content (AvgIpc) is 3.00. The summed E-state index contributed by atoms with van der Waals surface area (Å²) in [6.45, 7) is 7.14. The van der Waals surface area contributed by atoms with Gasteiger partial charge in [-0.3, -0.25) is 14.5 Å². The maximum atomic E-state index is 12.4. The van der Waals surface area contributed by atoms with E-state index in [0.29, 0.717) is 5.56 Å². The molecule has 6 heteroatoms. The molecule has 2 aromatic rings. The highest BCUT2D eigenvalue weighted by molar-refractivity contribution is 6.07. The van der Waals surface area contributed by atoms with Crippen molar-refractivity contribution in [3.05, 3.63) is 47.7 Å². The van der Waals surface area contributed by atoms with E-state index in [1.54, 1.807) is 0 Å². The van der Waals surface area contributed by atoms with Crippen LogP contribution in [0.5, 0.6) is 0 Å². The summed E-state index contributed by atoms with van der Waals surface area (Å²) in [5, 5.41) is 8.97. The quantitative estimate of drug-likeness (QED) is 0.571. The van der Waals surface area contributed by atoms with Gasteiger partial charge in [0.05, 0.1) is 13.2 Å². The molecule has 1 saturated heterocycles. The van der Waals surface area contributed by atoms with Crippen LogP contribution in [0.4, 0.5) is 0 Å². The number of morpholine rings is 1. The van der Waals surface area contributed by atoms with Crippen LogP contribution in [-0.2, 0) is 16.1 Å². The van der Waals surface area contributed by atoms with Gasteiger partial charge < -0.3 is 14.4 Å². The molecule has 0 saturated carbocycles. The molecule has 144 valence electrons. The number of nitrogens with zero attached hydrogens (tertiary/aromatic N) is 2. The second-order valence-electron chi connectivity index (χ2n) is 6.85. The first-order chi connectivity index (χ1) is 13.1. The molecule has 0 radical (unpaired) electrons. The van der Waals surface area contributed by atoms with E-state index in [4.69, 9.17) is 9.84 Å². The lowest BCUT2D eigenvalue weighted by molar-refractivity contribution is -0.135. The number of carboxylic acid groups (broad SMARTS) is 1. The van der Waals surface area contributed by atoms with Crippen molar-refractivity contribution in [1.82, 2.24) is 9.47 Å². The first-order valence-electron chi connectivity index (χ1n) is 9.37. The van der Waals surface area contributed by atoms with E-state index < -0.39 is 12.4 Å². The van der Waals surface area contributed by atoms with Crippen LogP contribution in [0.2, 0.25) is 0 Å². The highest BCUT2D eigenvalue weighted by Gasteiger charge is 2.20. The molecule has 0 aliphatic carbocycles. The number of Topliss-reactive ketones (excluding diaryl/α,β-unsaturated/α-hetero) is 1. The SMILES string of the molecule is Cc1c(C(=O)CC(=O)O)cc(-c2ccccc2)n1CCCN1CCOCC1. The zero-order valence-corrected chi connectivity index (χ0v) is 15.7. The largest absolute Gasteiger partial charge is 0.481 e. The van der Waals surface area contributed by atoms with Crippen LogP contribution in [0.15, 0.2) is 36.4 Å². The van der Waals surface area contributed by atoms with Gasteiger partial charge in [0.15, 0.2) is 5.78 Å². The summed E-state index contributed by atoms with van der Waals surface area (Å²) in [7, 11) is 0. The van der Waals surface area contributed by atoms with Gasteiger partial charge in [-0.1, -0.05) is 30.3 Å². The van der Waals surface area contributed by atoms with Crippen LogP contribution in [0.25, 0.3) is 11.3 Å². The second kappa shape index (κ2) is 8.97. The van der Waals surface area contributed by atoms with E-state index in [1.807, 2.05) is 43.3 Å². The Labute approximate surface area is 159 Å². The molecule has 1 aliphatic heterocycles.